The second kappa shape index (κ2) is 6.46. The third kappa shape index (κ3) is 2.93. The van der Waals surface area contributed by atoms with Crippen LogP contribution in [0.2, 0.25) is 0 Å². The molecule has 0 aliphatic carbocycles. The Bertz CT molecular complexity index is 967. The molecular weight excluding hydrogens is 342 g/mol. The number of fused-ring (bicyclic) bond motifs is 1. The average Bonchev–Trinajstić information content (AvgIpc) is 3.44. The number of carbonyl (C=O) groups is 1. The third-order valence-electron chi connectivity index (χ3n) is 5.25. The number of H-pyrrole nitrogens is 1. The van der Waals surface area contributed by atoms with Gasteiger partial charge in [-0.2, -0.15) is 5.10 Å². The zero-order valence-electron chi connectivity index (χ0n) is 14.7. The van der Waals surface area contributed by atoms with Crippen LogP contribution in [0.5, 0.6) is 11.5 Å². The molecule has 2 aliphatic rings. The average molecular weight is 361 g/mol. The van der Waals surface area contributed by atoms with Crippen LogP contribution in [-0.2, 0) is 11.2 Å². The highest BCUT2D eigenvalue weighted by Gasteiger charge is 2.32. The van der Waals surface area contributed by atoms with Gasteiger partial charge in [0.2, 0.25) is 12.7 Å². The molecule has 3 heterocycles. The summed E-state index contributed by atoms with van der Waals surface area (Å²) < 4.78 is 10.8. The van der Waals surface area contributed by atoms with Gasteiger partial charge in [0, 0.05) is 29.9 Å². The van der Waals surface area contributed by atoms with E-state index in [1.54, 1.807) is 6.20 Å². The lowest BCUT2D eigenvalue weighted by Crippen LogP contribution is -2.27. The number of anilines is 1. The van der Waals surface area contributed by atoms with Gasteiger partial charge < -0.3 is 14.4 Å². The first-order valence-corrected chi connectivity index (χ1v) is 9.07. The van der Waals surface area contributed by atoms with E-state index in [0.29, 0.717) is 0 Å². The highest BCUT2D eigenvalue weighted by Crippen LogP contribution is 2.35. The van der Waals surface area contributed by atoms with Crippen LogP contribution >= 0.6 is 0 Å². The van der Waals surface area contributed by atoms with E-state index >= 15 is 0 Å². The standard InChI is InChI=1S/C21H19N3O3/c25-21-16(9-14-1-6-19-20(10-14)27-13-26-19)7-8-24(21)18-4-2-15(3-5-18)17-11-22-23-12-17/h1-6,10-12,16H,7-9,13H2,(H,22,23)/t16-/m0/s1. The van der Waals surface area contributed by atoms with E-state index in [2.05, 4.69) is 10.2 Å². The van der Waals surface area contributed by atoms with Crippen molar-refractivity contribution in [2.24, 2.45) is 5.92 Å². The lowest BCUT2D eigenvalue weighted by Gasteiger charge is -2.17. The fourth-order valence-electron chi connectivity index (χ4n) is 3.78. The van der Waals surface area contributed by atoms with Gasteiger partial charge in [-0.15, -0.1) is 0 Å². The van der Waals surface area contributed by atoms with Crippen LogP contribution in [0.15, 0.2) is 54.9 Å². The Kier molecular flexibility index (Phi) is 3.81. The molecule has 1 aromatic heterocycles. The van der Waals surface area contributed by atoms with E-state index in [1.165, 1.54) is 0 Å². The molecule has 0 unspecified atom stereocenters. The number of carbonyl (C=O) groups excluding carboxylic acids is 1. The summed E-state index contributed by atoms with van der Waals surface area (Å²) >= 11 is 0. The number of nitrogens with one attached hydrogen (secondary N) is 1. The molecule has 5 rings (SSSR count). The first kappa shape index (κ1) is 15.9. The van der Waals surface area contributed by atoms with Crippen molar-refractivity contribution < 1.29 is 14.3 Å². The van der Waals surface area contributed by atoms with Crippen molar-refractivity contribution in [3.05, 3.63) is 60.4 Å². The summed E-state index contributed by atoms with van der Waals surface area (Å²) in [6.07, 6.45) is 5.23. The number of aromatic nitrogens is 2. The van der Waals surface area contributed by atoms with Crippen LogP contribution in [0.3, 0.4) is 0 Å². The minimum absolute atomic E-state index is 0.000998. The molecule has 3 aromatic rings. The first-order valence-electron chi connectivity index (χ1n) is 9.07. The Morgan fingerprint density at radius 3 is 2.74 bits per heavy atom. The van der Waals surface area contributed by atoms with Crippen LogP contribution in [0.1, 0.15) is 12.0 Å². The molecule has 0 bridgehead atoms. The maximum atomic E-state index is 12.9. The van der Waals surface area contributed by atoms with E-state index in [4.69, 9.17) is 9.47 Å². The van der Waals surface area contributed by atoms with Gasteiger partial charge in [-0.25, -0.2) is 0 Å². The highest BCUT2D eigenvalue weighted by molar-refractivity contribution is 5.97. The number of nitrogens with zero attached hydrogens (tertiary/aromatic N) is 2. The van der Waals surface area contributed by atoms with Gasteiger partial charge in [0.25, 0.3) is 0 Å². The molecule has 1 atom stereocenters. The van der Waals surface area contributed by atoms with Gasteiger partial charge in [0.1, 0.15) is 0 Å². The summed E-state index contributed by atoms with van der Waals surface area (Å²) in [6.45, 7) is 1.02. The molecule has 1 N–H and O–H groups in total. The summed E-state index contributed by atoms with van der Waals surface area (Å²) in [5.41, 5.74) is 4.17. The van der Waals surface area contributed by atoms with Gasteiger partial charge in [-0.3, -0.25) is 9.89 Å². The summed E-state index contributed by atoms with van der Waals surface area (Å²) in [7, 11) is 0. The quantitative estimate of drug-likeness (QED) is 0.773. The second-order valence-electron chi connectivity index (χ2n) is 6.90. The number of aromatic amines is 1. The predicted octanol–water partition coefficient (Wildman–Crippen LogP) is 3.40. The Morgan fingerprint density at radius 1 is 1.07 bits per heavy atom. The normalized spacial score (nSPS) is 18.3. The van der Waals surface area contributed by atoms with Crippen LogP contribution in [0, 0.1) is 5.92 Å². The van der Waals surface area contributed by atoms with Crippen molar-refractivity contribution in [2.75, 3.05) is 18.2 Å². The van der Waals surface area contributed by atoms with Gasteiger partial charge in [0.15, 0.2) is 11.5 Å². The van der Waals surface area contributed by atoms with E-state index < -0.39 is 0 Å². The van der Waals surface area contributed by atoms with E-state index in [9.17, 15) is 4.79 Å². The van der Waals surface area contributed by atoms with E-state index in [-0.39, 0.29) is 18.6 Å². The summed E-state index contributed by atoms with van der Waals surface area (Å²) in [4.78, 5) is 14.8. The van der Waals surface area contributed by atoms with Gasteiger partial charge in [-0.05, 0) is 48.2 Å². The molecule has 2 aliphatic heterocycles. The van der Waals surface area contributed by atoms with Crippen molar-refractivity contribution in [3.8, 4) is 22.6 Å². The number of ether oxygens (including phenoxy) is 2. The minimum atomic E-state index is -0.000998. The fraction of sp³-hybridized carbons (Fsp3) is 0.238. The minimum Gasteiger partial charge on any atom is -0.454 e. The van der Waals surface area contributed by atoms with Crippen molar-refractivity contribution in [2.45, 2.75) is 12.8 Å². The lowest BCUT2D eigenvalue weighted by molar-refractivity contribution is -0.120. The van der Waals surface area contributed by atoms with Crippen LogP contribution in [0.25, 0.3) is 11.1 Å². The van der Waals surface area contributed by atoms with Crippen LogP contribution in [0.4, 0.5) is 5.69 Å². The van der Waals surface area contributed by atoms with Crippen LogP contribution in [-0.4, -0.2) is 29.4 Å². The molecule has 1 fully saturated rings. The molecule has 1 saturated heterocycles. The summed E-state index contributed by atoms with van der Waals surface area (Å²) in [5, 5.41) is 6.79. The number of rotatable bonds is 4. The molecule has 0 spiro atoms. The predicted molar refractivity (Wildman–Crippen MR) is 101 cm³/mol. The smallest absolute Gasteiger partial charge is 0.231 e. The fourth-order valence-corrected chi connectivity index (χ4v) is 3.78. The van der Waals surface area contributed by atoms with Gasteiger partial charge >= 0.3 is 0 Å². The highest BCUT2D eigenvalue weighted by atomic mass is 16.7. The Labute approximate surface area is 156 Å². The summed E-state index contributed by atoms with van der Waals surface area (Å²) in [6, 6.07) is 14.0. The van der Waals surface area contributed by atoms with Crippen molar-refractivity contribution >= 4 is 11.6 Å². The lowest BCUT2D eigenvalue weighted by atomic mass is 9.98. The number of benzene rings is 2. The molecule has 0 radical (unpaired) electrons. The maximum Gasteiger partial charge on any atom is 0.231 e. The van der Waals surface area contributed by atoms with Crippen LogP contribution < -0.4 is 14.4 Å². The molecule has 136 valence electrons. The zero-order valence-corrected chi connectivity index (χ0v) is 14.7. The van der Waals surface area contributed by atoms with Crippen molar-refractivity contribution in [1.29, 1.82) is 0 Å². The molecular formula is C21H19N3O3. The Balaban J connectivity index is 1.29. The van der Waals surface area contributed by atoms with Gasteiger partial charge in [0.05, 0.1) is 6.20 Å². The molecule has 2 aromatic carbocycles. The van der Waals surface area contributed by atoms with E-state index in [0.717, 1.165) is 53.3 Å². The molecule has 6 nitrogen and oxygen atoms in total. The van der Waals surface area contributed by atoms with Crippen molar-refractivity contribution in [1.82, 2.24) is 10.2 Å². The number of hydrogen-bond acceptors (Lipinski definition) is 4. The Morgan fingerprint density at radius 2 is 1.93 bits per heavy atom. The van der Waals surface area contributed by atoms with E-state index in [1.807, 2.05) is 53.6 Å². The second-order valence-corrected chi connectivity index (χ2v) is 6.90. The maximum absolute atomic E-state index is 12.9. The first-order chi connectivity index (χ1) is 13.3. The van der Waals surface area contributed by atoms with Crippen molar-refractivity contribution in [3.63, 3.8) is 0 Å². The largest absolute Gasteiger partial charge is 0.454 e. The molecule has 27 heavy (non-hydrogen) atoms. The number of hydrogen-bond donors (Lipinski definition) is 1. The monoisotopic (exact) mass is 361 g/mol. The SMILES string of the molecule is O=C1[C@H](Cc2ccc3c(c2)OCO3)CCN1c1ccc(-c2cn[nH]c2)cc1. The topological polar surface area (TPSA) is 67.5 Å². The molecule has 0 saturated carbocycles. The molecule has 6 heteroatoms. The third-order valence-corrected chi connectivity index (χ3v) is 5.25. The molecule has 1 amide bonds. The zero-order chi connectivity index (χ0) is 18.2. The number of amides is 1. The van der Waals surface area contributed by atoms with Gasteiger partial charge in [-0.1, -0.05) is 18.2 Å². The Hall–Kier alpha value is -3.28. The summed E-state index contributed by atoms with van der Waals surface area (Å²) in [5.74, 6) is 1.73.